The van der Waals surface area contributed by atoms with Gasteiger partial charge < -0.3 is 38.0 Å². The van der Waals surface area contributed by atoms with Gasteiger partial charge in [0.1, 0.15) is 35.0 Å². The fourth-order valence-corrected chi connectivity index (χ4v) is 10.3. The average molecular weight is 999 g/mol. The van der Waals surface area contributed by atoms with Crippen molar-refractivity contribution in [3.63, 3.8) is 0 Å². The van der Waals surface area contributed by atoms with Crippen LogP contribution in [0.5, 0.6) is 28.7 Å². The lowest BCUT2D eigenvalue weighted by molar-refractivity contribution is -0.140. The van der Waals surface area contributed by atoms with Crippen LogP contribution in [0.15, 0.2) is 126 Å². The molecule has 0 heterocycles. The maximum atomic E-state index is 13.2. The summed E-state index contributed by atoms with van der Waals surface area (Å²) in [7, 11) is 0. The molecule has 2 aliphatic carbocycles. The molecule has 0 amide bonds. The fraction of sp³-hybridized carbons (Fsp3) is 0.433. The van der Waals surface area contributed by atoms with Gasteiger partial charge in [0.25, 0.3) is 0 Å². The molecule has 2 fully saturated rings. The van der Waals surface area contributed by atoms with E-state index in [1.807, 2.05) is 24.3 Å². The lowest BCUT2D eigenvalue weighted by Gasteiger charge is -2.27. The van der Waals surface area contributed by atoms with Crippen LogP contribution in [-0.4, -0.2) is 63.8 Å². The van der Waals surface area contributed by atoms with Crippen molar-refractivity contribution in [2.75, 3.05) is 39.6 Å². The second kappa shape index (κ2) is 28.7. The summed E-state index contributed by atoms with van der Waals surface area (Å²) in [5.41, 5.74) is 0. The summed E-state index contributed by atoms with van der Waals surface area (Å²) < 4.78 is 40.7. The maximum Gasteiger partial charge on any atom is 0.330 e. The second-order valence-electron chi connectivity index (χ2n) is 19.0. The van der Waals surface area contributed by atoms with Gasteiger partial charge in [-0.3, -0.25) is 4.79 Å². The van der Waals surface area contributed by atoms with Crippen LogP contribution in [0.2, 0.25) is 0 Å². The third kappa shape index (κ3) is 16.9. The molecule has 0 N–H and O–H groups in total. The van der Waals surface area contributed by atoms with Gasteiger partial charge in [-0.25, -0.2) is 9.59 Å². The van der Waals surface area contributed by atoms with Crippen LogP contribution < -0.4 is 23.7 Å². The molecule has 2 saturated carbocycles. The van der Waals surface area contributed by atoms with E-state index in [9.17, 15) is 19.2 Å². The van der Waals surface area contributed by atoms with Gasteiger partial charge in [-0.15, -0.1) is 0 Å². The van der Waals surface area contributed by atoms with Crippen molar-refractivity contribution >= 4 is 57.5 Å². The molecule has 0 aromatic heterocycles. The summed E-state index contributed by atoms with van der Waals surface area (Å²) >= 11 is 1.71. The largest absolute Gasteiger partial charge is 0.494 e. The van der Waals surface area contributed by atoms with Gasteiger partial charge in [0, 0.05) is 27.9 Å². The van der Waals surface area contributed by atoms with Gasteiger partial charge in [0.15, 0.2) is 0 Å². The Morgan fingerprint density at radius 2 is 0.986 bits per heavy atom. The van der Waals surface area contributed by atoms with Crippen LogP contribution in [0.1, 0.15) is 103 Å². The van der Waals surface area contributed by atoms with Crippen LogP contribution >= 0.6 is 11.8 Å². The number of hydrogen-bond acceptors (Lipinski definition) is 12. The third-order valence-corrected chi connectivity index (χ3v) is 14.7. The zero-order chi connectivity index (χ0) is 50.3. The van der Waals surface area contributed by atoms with Crippen molar-refractivity contribution in [1.29, 1.82) is 0 Å². The van der Waals surface area contributed by atoms with Crippen molar-refractivity contribution in [3.05, 3.63) is 116 Å². The predicted molar refractivity (Wildman–Crippen MR) is 282 cm³/mol. The Balaban J connectivity index is 0.907. The standard InChI is InChI=1S/C60H70O11S/c1-3-58(62)67-35-11-7-5-9-33-65-48-21-23-50(24-22-48)71-60(64)46-19-17-45(18-20-46)42-69-51-27-31-54-47(37-51)38-57(56-39-52(28-32-55(54)56)70-41-44-15-13-43(40-61)14-16-44)72-53-29-25-49(26-30-53)66-34-10-6-8-12-36-68-59(63)4-2/h3-4,21-32,37-40,43-46H,1-2,5-20,33-36,41-42H2. The monoisotopic (exact) mass is 998 g/mol. The molecule has 0 aliphatic heterocycles. The maximum absolute atomic E-state index is 13.2. The minimum Gasteiger partial charge on any atom is -0.494 e. The first kappa shape index (κ1) is 53.5. The lowest BCUT2D eigenvalue weighted by atomic mass is 9.82. The van der Waals surface area contributed by atoms with E-state index in [1.165, 1.54) is 12.2 Å². The average Bonchev–Trinajstić information content (AvgIpc) is 3.42. The topological polar surface area (TPSA) is 133 Å². The molecule has 0 radical (unpaired) electrons. The Morgan fingerprint density at radius 1 is 0.500 bits per heavy atom. The van der Waals surface area contributed by atoms with E-state index >= 15 is 0 Å². The van der Waals surface area contributed by atoms with E-state index in [2.05, 4.69) is 67.8 Å². The second-order valence-corrected chi connectivity index (χ2v) is 20.1. The number of carbonyl (C=O) groups is 4. The Morgan fingerprint density at radius 3 is 1.54 bits per heavy atom. The van der Waals surface area contributed by atoms with Crippen LogP contribution in [0.4, 0.5) is 0 Å². The summed E-state index contributed by atoms with van der Waals surface area (Å²) in [6, 6.07) is 30.5. The fourth-order valence-electron chi connectivity index (χ4n) is 9.33. The molecule has 72 heavy (non-hydrogen) atoms. The first-order valence-electron chi connectivity index (χ1n) is 25.9. The number of hydrogen-bond donors (Lipinski definition) is 0. The SMILES string of the molecule is C=CC(=O)OCCCCCCOc1ccc(OC(=O)C2CCC(COc3ccc4c(c3)cc(Sc3ccc(OCCCCCCOC(=O)C=C)cc3)c3cc(OCC5CCC(C=O)CC5)ccc34)CC2)cc1. The highest BCUT2D eigenvalue weighted by atomic mass is 32.2. The van der Waals surface area contributed by atoms with Crippen molar-refractivity contribution in [2.24, 2.45) is 23.7 Å². The van der Waals surface area contributed by atoms with E-state index < -0.39 is 0 Å². The highest BCUT2D eigenvalue weighted by Crippen LogP contribution is 2.41. The van der Waals surface area contributed by atoms with Gasteiger partial charge >= 0.3 is 17.9 Å². The van der Waals surface area contributed by atoms with Gasteiger partial charge in [-0.2, -0.15) is 0 Å². The molecule has 0 bridgehead atoms. The minimum atomic E-state index is -0.389. The Labute approximate surface area is 428 Å². The molecule has 0 saturated heterocycles. The van der Waals surface area contributed by atoms with Gasteiger partial charge in [-0.1, -0.05) is 37.1 Å². The molecule has 0 spiro atoms. The van der Waals surface area contributed by atoms with Crippen LogP contribution in [-0.2, 0) is 28.7 Å². The first-order valence-corrected chi connectivity index (χ1v) is 26.7. The molecule has 2 aliphatic rings. The number of ether oxygens (including phenoxy) is 7. The van der Waals surface area contributed by atoms with Crippen LogP contribution in [0.25, 0.3) is 21.5 Å². The van der Waals surface area contributed by atoms with E-state index in [0.717, 1.165) is 163 Å². The number of carbonyl (C=O) groups excluding carboxylic acids is 4. The van der Waals surface area contributed by atoms with Gasteiger partial charge in [0.05, 0.1) is 45.6 Å². The minimum absolute atomic E-state index is 0.148. The quantitative estimate of drug-likeness (QED) is 0.0113. The molecule has 12 heteroatoms. The number of benzene rings is 5. The number of unbranched alkanes of at least 4 members (excludes halogenated alkanes) is 6. The zero-order valence-electron chi connectivity index (χ0n) is 41.6. The highest BCUT2D eigenvalue weighted by molar-refractivity contribution is 7.99. The van der Waals surface area contributed by atoms with E-state index in [1.54, 1.807) is 23.9 Å². The molecular weight excluding hydrogens is 929 g/mol. The van der Waals surface area contributed by atoms with E-state index in [0.29, 0.717) is 57.2 Å². The van der Waals surface area contributed by atoms with E-state index in [-0.39, 0.29) is 29.7 Å². The predicted octanol–water partition coefficient (Wildman–Crippen LogP) is 13.7. The molecule has 382 valence electrons. The highest BCUT2D eigenvalue weighted by Gasteiger charge is 2.28. The van der Waals surface area contributed by atoms with E-state index in [4.69, 9.17) is 33.2 Å². The molecular formula is C60H70O11S. The normalized spacial score (nSPS) is 17.6. The molecule has 0 unspecified atom stereocenters. The summed E-state index contributed by atoms with van der Waals surface area (Å²) in [5, 5.41) is 4.48. The van der Waals surface area contributed by atoms with Crippen molar-refractivity contribution in [3.8, 4) is 28.7 Å². The Bertz CT molecular complexity index is 2540. The lowest BCUT2D eigenvalue weighted by Crippen LogP contribution is -2.27. The number of esters is 3. The van der Waals surface area contributed by atoms with Crippen molar-refractivity contribution in [1.82, 2.24) is 0 Å². The van der Waals surface area contributed by atoms with Crippen LogP contribution in [0.3, 0.4) is 0 Å². The summed E-state index contributed by atoms with van der Waals surface area (Å²) in [6.07, 6.45) is 18.0. The number of fused-ring (bicyclic) bond motifs is 3. The smallest absolute Gasteiger partial charge is 0.330 e. The summed E-state index contributed by atoms with van der Waals surface area (Å²) in [5.74, 6) is 3.58. The number of aldehydes is 1. The molecule has 5 aromatic rings. The Kier molecular flexibility index (Phi) is 21.3. The third-order valence-electron chi connectivity index (χ3n) is 13.6. The Hall–Kier alpha value is -6.27. The van der Waals surface area contributed by atoms with Crippen LogP contribution in [0, 0.1) is 23.7 Å². The summed E-state index contributed by atoms with van der Waals surface area (Å²) in [4.78, 5) is 49.0. The van der Waals surface area contributed by atoms with Crippen molar-refractivity contribution in [2.45, 2.75) is 113 Å². The van der Waals surface area contributed by atoms with Crippen molar-refractivity contribution < 1.29 is 52.3 Å². The molecule has 11 nitrogen and oxygen atoms in total. The molecule has 0 atom stereocenters. The molecule has 7 rings (SSSR count). The first-order chi connectivity index (χ1) is 35.3. The summed E-state index contributed by atoms with van der Waals surface area (Å²) in [6.45, 7) is 10.1. The molecule has 5 aromatic carbocycles. The zero-order valence-corrected chi connectivity index (χ0v) is 42.4. The number of rotatable bonds is 29. The van der Waals surface area contributed by atoms with Gasteiger partial charge in [-0.05, 0) is 215 Å². The van der Waals surface area contributed by atoms with Gasteiger partial charge in [0.2, 0.25) is 0 Å².